The van der Waals surface area contributed by atoms with Gasteiger partial charge in [-0.05, 0) is 18.3 Å². The van der Waals surface area contributed by atoms with Crippen LogP contribution in [-0.4, -0.2) is 41.2 Å². The van der Waals surface area contributed by atoms with Gasteiger partial charge in [0, 0.05) is 36.6 Å². The van der Waals surface area contributed by atoms with Gasteiger partial charge in [-0.1, -0.05) is 20.8 Å². The Morgan fingerprint density at radius 3 is 2.55 bits per heavy atom. The van der Waals surface area contributed by atoms with E-state index in [1.54, 1.807) is 6.07 Å². The first-order valence-corrected chi connectivity index (χ1v) is 9.38. The molecule has 1 saturated carbocycles. The van der Waals surface area contributed by atoms with Crippen molar-refractivity contribution < 1.29 is 9.90 Å². The second-order valence-corrected chi connectivity index (χ2v) is 8.53. The number of nitrogens with one attached hydrogen (secondary N) is 1. The number of fused-ring (bicyclic) bond motifs is 1. The molecule has 0 spiro atoms. The highest BCUT2D eigenvalue weighted by Crippen LogP contribution is 2.27. The first kappa shape index (κ1) is 18.9. The van der Waals surface area contributed by atoms with Crippen molar-refractivity contribution in [2.24, 2.45) is 5.41 Å². The first-order valence-electron chi connectivity index (χ1n) is 9.38. The van der Waals surface area contributed by atoms with Crippen LogP contribution in [0.4, 0.5) is 5.95 Å². The van der Waals surface area contributed by atoms with Gasteiger partial charge < -0.3 is 16.2 Å². The number of amides is 1. The van der Waals surface area contributed by atoms with Gasteiger partial charge in [-0.3, -0.25) is 14.2 Å². The fourth-order valence-electron chi connectivity index (χ4n) is 3.08. The number of anilines is 1. The minimum atomic E-state index is -0.677. The van der Waals surface area contributed by atoms with Gasteiger partial charge in [0.25, 0.3) is 11.5 Å². The van der Waals surface area contributed by atoms with E-state index in [0.717, 1.165) is 17.4 Å². The van der Waals surface area contributed by atoms with Crippen molar-refractivity contribution in [1.29, 1.82) is 0 Å². The second-order valence-electron chi connectivity index (χ2n) is 8.53. The monoisotopic (exact) mass is 397 g/mol. The molecule has 29 heavy (non-hydrogen) atoms. The Morgan fingerprint density at radius 2 is 1.97 bits per heavy atom. The number of hydrogen-bond acceptors (Lipinski definition) is 7. The van der Waals surface area contributed by atoms with Crippen molar-refractivity contribution in [3.05, 3.63) is 34.4 Å². The lowest BCUT2D eigenvalue weighted by Crippen LogP contribution is -2.35. The minimum Gasteiger partial charge on any atom is -0.494 e. The summed E-state index contributed by atoms with van der Waals surface area (Å²) < 4.78 is 2.68. The Hall–Kier alpha value is -3.43. The summed E-state index contributed by atoms with van der Waals surface area (Å²) in [6, 6.07) is 1.71. The van der Waals surface area contributed by atoms with Crippen molar-refractivity contribution in [2.45, 2.75) is 46.2 Å². The van der Waals surface area contributed by atoms with E-state index in [-0.39, 0.29) is 28.8 Å². The Morgan fingerprint density at radius 1 is 1.31 bits per heavy atom. The highest BCUT2D eigenvalue weighted by atomic mass is 16.3. The fourth-order valence-corrected chi connectivity index (χ4v) is 3.08. The van der Waals surface area contributed by atoms with Gasteiger partial charge in [-0.25, -0.2) is 9.97 Å². The number of hydrogen-bond donors (Lipinski definition) is 3. The van der Waals surface area contributed by atoms with Gasteiger partial charge in [-0.15, -0.1) is 0 Å². The molecule has 1 aliphatic carbocycles. The van der Waals surface area contributed by atoms with E-state index in [1.807, 2.05) is 20.8 Å². The summed E-state index contributed by atoms with van der Waals surface area (Å²) in [5, 5.41) is 18.0. The third-order valence-corrected chi connectivity index (χ3v) is 4.59. The van der Waals surface area contributed by atoms with Crippen LogP contribution in [-0.2, 0) is 6.54 Å². The zero-order valence-electron chi connectivity index (χ0n) is 16.5. The Kier molecular flexibility index (Phi) is 4.29. The molecule has 1 fully saturated rings. The summed E-state index contributed by atoms with van der Waals surface area (Å²) in [5.41, 5.74) is 5.69. The highest BCUT2D eigenvalue weighted by Gasteiger charge is 2.30. The number of rotatable bonds is 4. The molecule has 3 aromatic rings. The molecule has 10 nitrogen and oxygen atoms in total. The molecule has 0 unspecified atom stereocenters. The Balaban J connectivity index is 1.93. The molecular weight excluding hydrogens is 374 g/mol. The van der Waals surface area contributed by atoms with Crippen LogP contribution in [0.5, 0.6) is 5.88 Å². The molecule has 3 aromatic heterocycles. The smallest absolute Gasteiger partial charge is 0.291 e. The lowest BCUT2D eigenvalue weighted by atomic mass is 9.96. The lowest BCUT2D eigenvalue weighted by molar-refractivity contribution is 0.0944. The molecule has 1 amide bonds. The van der Waals surface area contributed by atoms with Crippen LogP contribution in [0.25, 0.3) is 16.9 Å². The number of aromatic hydroxyl groups is 1. The topological polar surface area (TPSA) is 140 Å². The predicted molar refractivity (Wildman–Crippen MR) is 106 cm³/mol. The summed E-state index contributed by atoms with van der Waals surface area (Å²) in [6.45, 7) is 6.36. The number of nitrogen functional groups attached to an aromatic ring is 1. The average molecular weight is 397 g/mol. The molecule has 0 aliphatic heterocycles. The Bertz CT molecular complexity index is 1150. The predicted octanol–water partition coefficient (Wildman–Crippen LogP) is 1.18. The van der Waals surface area contributed by atoms with Gasteiger partial charge in [0.2, 0.25) is 11.8 Å². The molecule has 0 saturated heterocycles. The SMILES string of the molecule is CC(C)(C)Cn1c(O)c(C(=O)NC2CC2)c(=O)n2nc(-c3cnc(N)nc3)cc12. The van der Waals surface area contributed by atoms with Crippen molar-refractivity contribution in [3.8, 4) is 17.1 Å². The van der Waals surface area contributed by atoms with E-state index in [4.69, 9.17) is 5.73 Å². The van der Waals surface area contributed by atoms with Crippen molar-refractivity contribution >= 4 is 17.5 Å². The van der Waals surface area contributed by atoms with Crippen LogP contribution in [0.15, 0.2) is 23.3 Å². The number of nitrogens with two attached hydrogens (primary N) is 1. The van der Waals surface area contributed by atoms with Crippen LogP contribution < -0.4 is 16.6 Å². The lowest BCUT2D eigenvalue weighted by Gasteiger charge is -2.23. The summed E-state index contributed by atoms with van der Waals surface area (Å²) in [4.78, 5) is 33.6. The maximum atomic E-state index is 13.0. The number of carbonyl (C=O) groups excluding carboxylic acids is 1. The number of carbonyl (C=O) groups is 1. The van der Waals surface area contributed by atoms with E-state index in [2.05, 4.69) is 20.4 Å². The average Bonchev–Trinajstić information content (AvgIpc) is 3.33. The fraction of sp³-hybridized carbons (Fsp3) is 0.421. The normalized spacial score (nSPS) is 14.3. The molecule has 0 aromatic carbocycles. The highest BCUT2D eigenvalue weighted by molar-refractivity contribution is 5.96. The second kappa shape index (κ2) is 6.57. The molecule has 3 heterocycles. The van der Waals surface area contributed by atoms with Crippen LogP contribution in [0.3, 0.4) is 0 Å². The van der Waals surface area contributed by atoms with E-state index in [9.17, 15) is 14.7 Å². The van der Waals surface area contributed by atoms with Crippen molar-refractivity contribution in [3.63, 3.8) is 0 Å². The summed E-state index contributed by atoms with van der Waals surface area (Å²) in [7, 11) is 0. The summed E-state index contributed by atoms with van der Waals surface area (Å²) in [6.07, 6.45) is 4.74. The van der Waals surface area contributed by atoms with Gasteiger partial charge in [-0.2, -0.15) is 9.61 Å². The molecular formula is C19H23N7O3. The summed E-state index contributed by atoms with van der Waals surface area (Å²) in [5.74, 6) is -0.829. The van der Waals surface area contributed by atoms with Crippen LogP contribution in [0, 0.1) is 5.41 Å². The van der Waals surface area contributed by atoms with Crippen molar-refractivity contribution in [2.75, 3.05) is 5.73 Å². The van der Waals surface area contributed by atoms with E-state index >= 15 is 0 Å². The number of nitrogens with zero attached hydrogens (tertiary/aromatic N) is 5. The van der Waals surface area contributed by atoms with Gasteiger partial charge in [0.05, 0.1) is 5.69 Å². The molecule has 4 rings (SSSR count). The summed E-state index contributed by atoms with van der Waals surface area (Å²) >= 11 is 0. The number of aromatic nitrogens is 5. The van der Waals surface area contributed by atoms with E-state index in [0.29, 0.717) is 23.4 Å². The van der Waals surface area contributed by atoms with E-state index in [1.165, 1.54) is 17.0 Å². The third kappa shape index (κ3) is 3.65. The molecule has 0 radical (unpaired) electrons. The van der Waals surface area contributed by atoms with Gasteiger partial charge in [0.15, 0.2) is 5.56 Å². The molecule has 1 aliphatic rings. The van der Waals surface area contributed by atoms with Gasteiger partial charge >= 0.3 is 0 Å². The van der Waals surface area contributed by atoms with Crippen LogP contribution in [0.2, 0.25) is 0 Å². The minimum absolute atomic E-state index is 0.0492. The zero-order valence-corrected chi connectivity index (χ0v) is 16.5. The Labute approximate surface area is 166 Å². The van der Waals surface area contributed by atoms with Gasteiger partial charge in [0.1, 0.15) is 5.65 Å². The quantitative estimate of drug-likeness (QED) is 0.600. The molecule has 4 N–H and O–H groups in total. The molecule has 10 heteroatoms. The van der Waals surface area contributed by atoms with Crippen LogP contribution >= 0.6 is 0 Å². The first-order chi connectivity index (χ1) is 13.6. The van der Waals surface area contributed by atoms with E-state index < -0.39 is 11.5 Å². The maximum absolute atomic E-state index is 13.0. The zero-order chi connectivity index (χ0) is 20.9. The third-order valence-electron chi connectivity index (χ3n) is 4.59. The molecule has 0 bridgehead atoms. The largest absolute Gasteiger partial charge is 0.494 e. The van der Waals surface area contributed by atoms with Crippen LogP contribution in [0.1, 0.15) is 44.0 Å². The molecule has 0 atom stereocenters. The maximum Gasteiger partial charge on any atom is 0.291 e. The molecule has 152 valence electrons. The standard InChI is InChI=1S/C19H23N7O3/c1-19(2,3)9-25-13-6-12(10-7-21-18(20)22-8-10)24-26(13)17(29)14(16(25)28)15(27)23-11-4-5-11/h6-8,11,28H,4-5,9H2,1-3H3,(H,23,27)(H2,20,21,22). The van der Waals surface area contributed by atoms with Crippen molar-refractivity contribution in [1.82, 2.24) is 29.5 Å².